The number of nitrogens with one attached hydrogen (secondary N) is 1. The molecule has 3 aromatic heterocycles. The van der Waals surface area contributed by atoms with Gasteiger partial charge in [-0.25, -0.2) is 0 Å². The van der Waals surface area contributed by atoms with Crippen LogP contribution in [0.15, 0.2) is 65.3 Å². The zero-order chi connectivity index (χ0) is 27.4. The second-order valence-corrected chi connectivity index (χ2v) is 10.2. The molecule has 10 heteroatoms. The summed E-state index contributed by atoms with van der Waals surface area (Å²) in [4.78, 5) is 34.7. The molecule has 1 N–H and O–H groups in total. The minimum Gasteiger partial charge on any atom is -0.458 e. The number of furan rings is 1. The number of rotatable bonds is 9. The predicted molar refractivity (Wildman–Crippen MR) is 146 cm³/mol. The molecule has 39 heavy (non-hydrogen) atoms. The third-order valence-corrected chi connectivity index (χ3v) is 7.03. The first-order chi connectivity index (χ1) is 18.9. The molecule has 1 atom stereocenters. The minimum atomic E-state index is -0.901. The molecule has 202 valence electrons. The summed E-state index contributed by atoms with van der Waals surface area (Å²) in [6, 6.07) is 14.1. The first kappa shape index (κ1) is 26.3. The molecule has 0 bridgehead atoms. The monoisotopic (exact) mass is 527 g/mol. The maximum Gasteiger partial charge on any atom is 0.251 e. The van der Waals surface area contributed by atoms with Crippen molar-refractivity contribution >= 4 is 17.5 Å². The molecule has 0 radical (unpaired) electrons. The van der Waals surface area contributed by atoms with Gasteiger partial charge in [0, 0.05) is 24.1 Å². The van der Waals surface area contributed by atoms with Crippen LogP contribution in [0.1, 0.15) is 68.4 Å². The molecule has 1 aliphatic rings. The lowest BCUT2D eigenvalue weighted by atomic mass is 10.0. The molecule has 1 unspecified atom stereocenters. The highest BCUT2D eigenvalue weighted by Crippen LogP contribution is 2.30. The lowest BCUT2D eigenvalue weighted by Gasteiger charge is -2.32. The Morgan fingerprint density at radius 1 is 1.03 bits per heavy atom. The first-order valence-electron chi connectivity index (χ1n) is 13.4. The average molecular weight is 528 g/mol. The number of aromatic nitrogens is 5. The lowest BCUT2D eigenvalue weighted by Crippen LogP contribution is -2.47. The highest BCUT2D eigenvalue weighted by atomic mass is 16.3. The van der Waals surface area contributed by atoms with E-state index < -0.39 is 6.04 Å². The van der Waals surface area contributed by atoms with E-state index in [0.717, 1.165) is 37.0 Å². The number of carbonyl (C=O) groups is 2. The Balaban J connectivity index is 1.50. The Labute approximate surface area is 227 Å². The summed E-state index contributed by atoms with van der Waals surface area (Å²) >= 11 is 0. The predicted octanol–water partition coefficient (Wildman–Crippen LogP) is 4.59. The second kappa shape index (κ2) is 11.6. The first-order valence-corrected chi connectivity index (χ1v) is 13.4. The number of nitrogens with zero attached hydrogens (tertiary/aromatic N) is 6. The minimum absolute atomic E-state index is 0.0957. The summed E-state index contributed by atoms with van der Waals surface area (Å²) < 4.78 is 5.59. The van der Waals surface area contributed by atoms with Crippen molar-refractivity contribution in [1.29, 1.82) is 0 Å². The van der Waals surface area contributed by atoms with Crippen molar-refractivity contribution < 1.29 is 14.0 Å². The van der Waals surface area contributed by atoms with Crippen LogP contribution in [-0.4, -0.2) is 43.0 Å². The fraction of sp³-hybridized carbons (Fsp3) is 0.379. The van der Waals surface area contributed by atoms with E-state index in [1.54, 1.807) is 30.6 Å². The summed E-state index contributed by atoms with van der Waals surface area (Å²) in [5.41, 5.74) is 2.41. The van der Waals surface area contributed by atoms with E-state index in [1.165, 1.54) is 9.70 Å². The standard InChI is InChI=1S/C29H33N7O3/c1-19(2)21-9-11-24(12-10-21)36(26(37)18-35-33-28(32-34-35)25-13-8-20(3)39-25)27(22-14-16-30-17-15-22)29(38)31-23-6-4-5-7-23/h8-17,19,23,27H,4-7,18H2,1-3H3,(H,31,38). The number of anilines is 1. The Morgan fingerprint density at radius 2 is 1.74 bits per heavy atom. The van der Waals surface area contributed by atoms with Crippen LogP contribution in [0.4, 0.5) is 5.69 Å². The zero-order valence-electron chi connectivity index (χ0n) is 22.4. The fourth-order valence-corrected chi connectivity index (χ4v) is 4.93. The van der Waals surface area contributed by atoms with Crippen molar-refractivity contribution in [1.82, 2.24) is 30.5 Å². The average Bonchev–Trinajstić information content (AvgIpc) is 3.70. The summed E-state index contributed by atoms with van der Waals surface area (Å²) in [5, 5.41) is 15.7. The van der Waals surface area contributed by atoms with Crippen LogP contribution in [-0.2, 0) is 16.1 Å². The second-order valence-electron chi connectivity index (χ2n) is 10.2. The van der Waals surface area contributed by atoms with Gasteiger partial charge in [0.15, 0.2) is 5.76 Å². The number of aryl methyl sites for hydroxylation is 1. The van der Waals surface area contributed by atoms with Gasteiger partial charge in [-0.3, -0.25) is 19.5 Å². The number of tetrazole rings is 1. The van der Waals surface area contributed by atoms with E-state index in [1.807, 2.05) is 37.3 Å². The highest BCUT2D eigenvalue weighted by molar-refractivity contribution is 6.01. The molecule has 3 heterocycles. The van der Waals surface area contributed by atoms with Gasteiger partial charge >= 0.3 is 0 Å². The van der Waals surface area contributed by atoms with Crippen molar-refractivity contribution in [3.8, 4) is 11.6 Å². The van der Waals surface area contributed by atoms with Gasteiger partial charge < -0.3 is 9.73 Å². The van der Waals surface area contributed by atoms with Crippen molar-refractivity contribution in [3.63, 3.8) is 0 Å². The maximum atomic E-state index is 14.0. The third-order valence-electron chi connectivity index (χ3n) is 7.03. The van der Waals surface area contributed by atoms with Crippen LogP contribution in [0.2, 0.25) is 0 Å². The Kier molecular flexibility index (Phi) is 7.81. The van der Waals surface area contributed by atoms with Crippen molar-refractivity contribution in [2.24, 2.45) is 0 Å². The third kappa shape index (κ3) is 6.05. The number of benzene rings is 1. The van der Waals surface area contributed by atoms with Gasteiger partial charge in [-0.05, 0) is 78.4 Å². The molecule has 1 saturated carbocycles. The molecule has 10 nitrogen and oxygen atoms in total. The fourth-order valence-electron chi connectivity index (χ4n) is 4.93. The van der Waals surface area contributed by atoms with Gasteiger partial charge in [0.05, 0.1) is 0 Å². The van der Waals surface area contributed by atoms with E-state index in [2.05, 4.69) is 39.6 Å². The Morgan fingerprint density at radius 3 is 2.38 bits per heavy atom. The largest absolute Gasteiger partial charge is 0.458 e. The molecule has 1 aliphatic carbocycles. The molecule has 5 rings (SSSR count). The Hall–Kier alpha value is -4.34. The van der Waals surface area contributed by atoms with Crippen LogP contribution >= 0.6 is 0 Å². The molecule has 0 saturated heterocycles. The molecule has 2 amide bonds. The number of hydrogen-bond donors (Lipinski definition) is 1. The zero-order valence-corrected chi connectivity index (χ0v) is 22.4. The van der Waals surface area contributed by atoms with E-state index in [0.29, 0.717) is 22.9 Å². The van der Waals surface area contributed by atoms with Crippen LogP contribution in [0, 0.1) is 6.92 Å². The van der Waals surface area contributed by atoms with Crippen molar-refractivity contribution in [2.45, 2.75) is 71.0 Å². The van der Waals surface area contributed by atoms with Gasteiger partial charge in [0.25, 0.3) is 5.91 Å². The van der Waals surface area contributed by atoms with Crippen LogP contribution in [0.5, 0.6) is 0 Å². The highest BCUT2D eigenvalue weighted by Gasteiger charge is 2.35. The van der Waals surface area contributed by atoms with Crippen LogP contribution < -0.4 is 10.2 Å². The summed E-state index contributed by atoms with van der Waals surface area (Å²) in [6.07, 6.45) is 7.30. The molecular weight excluding hydrogens is 494 g/mol. The normalized spacial score (nSPS) is 14.5. The summed E-state index contributed by atoms with van der Waals surface area (Å²) in [7, 11) is 0. The molecule has 0 aliphatic heterocycles. The van der Waals surface area contributed by atoms with E-state index in [9.17, 15) is 9.59 Å². The molecule has 1 aromatic carbocycles. The van der Waals surface area contributed by atoms with E-state index >= 15 is 0 Å². The van der Waals surface area contributed by atoms with Gasteiger partial charge in [0.1, 0.15) is 18.3 Å². The van der Waals surface area contributed by atoms with E-state index in [-0.39, 0.29) is 30.2 Å². The van der Waals surface area contributed by atoms with Crippen LogP contribution in [0.3, 0.4) is 0 Å². The van der Waals surface area contributed by atoms with E-state index in [4.69, 9.17) is 4.42 Å². The lowest BCUT2D eigenvalue weighted by molar-refractivity contribution is -0.127. The molecule has 1 fully saturated rings. The van der Waals surface area contributed by atoms with Gasteiger partial charge in [-0.15, -0.1) is 10.2 Å². The number of carbonyl (C=O) groups excluding carboxylic acids is 2. The van der Waals surface area contributed by atoms with Gasteiger partial charge in [-0.1, -0.05) is 38.8 Å². The van der Waals surface area contributed by atoms with Crippen LogP contribution in [0.25, 0.3) is 11.6 Å². The SMILES string of the molecule is Cc1ccc(-c2nnn(CC(=O)N(c3ccc(C(C)C)cc3)C(C(=O)NC3CCCC3)c3ccncc3)n2)o1. The number of pyridine rings is 1. The molecule has 0 spiro atoms. The summed E-state index contributed by atoms with van der Waals surface area (Å²) in [6.45, 7) is 5.84. The summed E-state index contributed by atoms with van der Waals surface area (Å²) in [5.74, 6) is 1.23. The number of hydrogen-bond acceptors (Lipinski definition) is 7. The van der Waals surface area contributed by atoms with Gasteiger partial charge in [0.2, 0.25) is 11.7 Å². The topological polar surface area (TPSA) is 119 Å². The maximum absolute atomic E-state index is 14.0. The quantitative estimate of drug-likeness (QED) is 0.338. The van der Waals surface area contributed by atoms with Crippen molar-refractivity contribution in [3.05, 3.63) is 77.8 Å². The van der Waals surface area contributed by atoms with Gasteiger partial charge in [-0.2, -0.15) is 4.80 Å². The smallest absolute Gasteiger partial charge is 0.251 e. The molecule has 4 aromatic rings. The molecular formula is C29H33N7O3. The Bertz CT molecular complexity index is 1410. The number of amides is 2. The van der Waals surface area contributed by atoms with Crippen molar-refractivity contribution in [2.75, 3.05) is 4.90 Å².